The topological polar surface area (TPSA) is 76.1 Å². The number of nitrogens with zero attached hydrogens (tertiary/aromatic N) is 1. The van der Waals surface area contributed by atoms with Crippen LogP contribution < -0.4 is 4.72 Å². The number of amides is 1. The molecular formula is C14H12BrFN2O3S. The van der Waals surface area contributed by atoms with Crippen molar-refractivity contribution in [3.05, 3.63) is 52.0 Å². The van der Waals surface area contributed by atoms with Gasteiger partial charge in [0.25, 0.3) is 5.91 Å². The molecule has 0 aliphatic heterocycles. The number of halogens is 2. The van der Waals surface area contributed by atoms with E-state index in [2.05, 4.69) is 20.9 Å². The third-order valence-electron chi connectivity index (χ3n) is 2.87. The fourth-order valence-electron chi connectivity index (χ4n) is 1.92. The highest BCUT2D eigenvalue weighted by Crippen LogP contribution is 2.27. The van der Waals surface area contributed by atoms with Gasteiger partial charge in [-0.05, 0) is 52.2 Å². The summed E-state index contributed by atoms with van der Waals surface area (Å²) in [6, 6.07) is 6.31. The number of nitrogens with one attached hydrogen (secondary N) is 1. The van der Waals surface area contributed by atoms with Crippen molar-refractivity contribution in [2.45, 2.75) is 6.92 Å². The molecule has 0 atom stereocenters. The Hall–Kier alpha value is -1.80. The van der Waals surface area contributed by atoms with Crippen LogP contribution in [0.5, 0.6) is 0 Å². The van der Waals surface area contributed by atoms with Crippen LogP contribution in [0.1, 0.15) is 15.9 Å². The van der Waals surface area contributed by atoms with Gasteiger partial charge in [-0.15, -0.1) is 0 Å². The number of hydrogen-bond acceptors (Lipinski definition) is 4. The molecule has 0 aliphatic rings. The summed E-state index contributed by atoms with van der Waals surface area (Å²) in [5.41, 5.74) is 2.41. The van der Waals surface area contributed by atoms with E-state index in [1.807, 2.05) is 4.72 Å². The smallest absolute Gasteiger partial charge is 0.264 e. The van der Waals surface area contributed by atoms with Crippen LogP contribution >= 0.6 is 15.9 Å². The number of aryl methyl sites for hydroxylation is 1. The third kappa shape index (κ3) is 3.89. The number of carbonyl (C=O) groups is 1. The average molecular weight is 387 g/mol. The van der Waals surface area contributed by atoms with Crippen LogP contribution in [0.15, 0.2) is 34.9 Å². The highest BCUT2D eigenvalue weighted by Gasteiger charge is 2.13. The third-order valence-corrected chi connectivity index (χ3v) is 3.99. The molecule has 0 radical (unpaired) electrons. The molecule has 1 aromatic heterocycles. The van der Waals surface area contributed by atoms with Gasteiger partial charge in [0.05, 0.1) is 10.7 Å². The van der Waals surface area contributed by atoms with E-state index in [0.717, 1.165) is 17.4 Å². The van der Waals surface area contributed by atoms with Gasteiger partial charge < -0.3 is 0 Å². The Bertz CT molecular complexity index is 853. The van der Waals surface area contributed by atoms with Gasteiger partial charge in [0.15, 0.2) is 0 Å². The Morgan fingerprint density at radius 1 is 1.32 bits per heavy atom. The second-order valence-electron chi connectivity index (χ2n) is 4.73. The number of carbonyl (C=O) groups excluding carboxylic acids is 1. The van der Waals surface area contributed by atoms with E-state index >= 15 is 0 Å². The summed E-state index contributed by atoms with van der Waals surface area (Å²) in [6.45, 7) is 1.77. The zero-order chi connectivity index (χ0) is 16.5. The first kappa shape index (κ1) is 16.6. The van der Waals surface area contributed by atoms with Crippen molar-refractivity contribution in [3.63, 3.8) is 0 Å². The number of sulfonamides is 1. The molecule has 8 heteroatoms. The molecule has 22 heavy (non-hydrogen) atoms. The summed E-state index contributed by atoms with van der Waals surface area (Å²) >= 11 is 3.07. The highest BCUT2D eigenvalue weighted by atomic mass is 79.9. The van der Waals surface area contributed by atoms with E-state index in [1.165, 1.54) is 12.3 Å². The van der Waals surface area contributed by atoms with Crippen molar-refractivity contribution >= 4 is 31.9 Å². The lowest BCUT2D eigenvalue weighted by Crippen LogP contribution is -2.29. The van der Waals surface area contributed by atoms with Gasteiger partial charge >= 0.3 is 0 Å². The lowest BCUT2D eigenvalue weighted by Gasteiger charge is -2.09. The lowest BCUT2D eigenvalue weighted by atomic mass is 9.99. The van der Waals surface area contributed by atoms with Gasteiger partial charge in [0.1, 0.15) is 0 Å². The van der Waals surface area contributed by atoms with Gasteiger partial charge in [-0.25, -0.2) is 18.1 Å². The van der Waals surface area contributed by atoms with Crippen LogP contribution in [-0.2, 0) is 10.0 Å². The van der Waals surface area contributed by atoms with E-state index < -0.39 is 21.9 Å². The Morgan fingerprint density at radius 3 is 2.55 bits per heavy atom. The van der Waals surface area contributed by atoms with Gasteiger partial charge in [0.2, 0.25) is 16.0 Å². The van der Waals surface area contributed by atoms with E-state index in [9.17, 15) is 17.6 Å². The minimum absolute atomic E-state index is 0.223. The predicted molar refractivity (Wildman–Crippen MR) is 84.4 cm³/mol. The van der Waals surface area contributed by atoms with Crippen LogP contribution in [0.3, 0.4) is 0 Å². The largest absolute Gasteiger partial charge is 0.268 e. The van der Waals surface area contributed by atoms with Crippen LogP contribution in [-0.4, -0.2) is 25.6 Å². The maximum absolute atomic E-state index is 13.2. The number of hydrogen-bond donors (Lipinski definition) is 1. The normalized spacial score (nSPS) is 11.3. The number of rotatable bonds is 3. The summed E-state index contributed by atoms with van der Waals surface area (Å²) in [7, 11) is -3.61. The quantitative estimate of drug-likeness (QED) is 0.822. The van der Waals surface area contributed by atoms with Gasteiger partial charge in [0, 0.05) is 17.3 Å². The van der Waals surface area contributed by atoms with E-state index in [1.54, 1.807) is 25.1 Å². The first-order valence-corrected chi connectivity index (χ1v) is 8.80. The van der Waals surface area contributed by atoms with Crippen molar-refractivity contribution in [1.82, 2.24) is 9.71 Å². The molecule has 1 N–H and O–H groups in total. The van der Waals surface area contributed by atoms with E-state index in [-0.39, 0.29) is 10.0 Å². The Kier molecular flexibility index (Phi) is 4.62. The molecule has 2 rings (SSSR count). The van der Waals surface area contributed by atoms with Crippen molar-refractivity contribution in [2.24, 2.45) is 0 Å². The summed E-state index contributed by atoms with van der Waals surface area (Å²) < 4.78 is 37.5. The second-order valence-corrected chi connectivity index (χ2v) is 7.33. The number of aromatic nitrogens is 1. The minimum atomic E-state index is -3.61. The standard InChI is InChI=1S/C14H12BrFN2O3S/c1-8-5-9(14(19)18-22(2,20)21)3-4-11(8)10-6-12(15)13(16)17-7-10/h3-7H,1-2H3,(H,18,19). The number of pyridine rings is 1. The SMILES string of the molecule is Cc1cc(C(=O)NS(C)(=O)=O)ccc1-c1cnc(F)c(Br)c1. The molecule has 0 unspecified atom stereocenters. The number of benzene rings is 1. The zero-order valence-corrected chi connectivity index (χ0v) is 14.1. The molecule has 0 saturated heterocycles. The average Bonchev–Trinajstić information content (AvgIpc) is 2.40. The highest BCUT2D eigenvalue weighted by molar-refractivity contribution is 9.10. The summed E-state index contributed by atoms with van der Waals surface area (Å²) in [5.74, 6) is -1.30. The molecule has 0 spiro atoms. The minimum Gasteiger partial charge on any atom is -0.268 e. The second kappa shape index (κ2) is 6.13. The Morgan fingerprint density at radius 2 is 2.00 bits per heavy atom. The molecule has 1 amide bonds. The van der Waals surface area contributed by atoms with Crippen LogP contribution in [0.25, 0.3) is 11.1 Å². The van der Waals surface area contributed by atoms with Gasteiger partial charge in [-0.3, -0.25) is 4.79 Å². The first-order valence-electron chi connectivity index (χ1n) is 6.11. The van der Waals surface area contributed by atoms with Crippen molar-refractivity contribution in [2.75, 3.05) is 6.26 Å². The Labute approximate surface area is 135 Å². The van der Waals surface area contributed by atoms with Crippen molar-refractivity contribution in [3.8, 4) is 11.1 Å². The van der Waals surface area contributed by atoms with Crippen molar-refractivity contribution in [1.29, 1.82) is 0 Å². The zero-order valence-electron chi connectivity index (χ0n) is 11.7. The van der Waals surface area contributed by atoms with Crippen molar-refractivity contribution < 1.29 is 17.6 Å². The Balaban J connectivity index is 2.38. The van der Waals surface area contributed by atoms with Crippen LogP contribution in [0.2, 0.25) is 0 Å². The van der Waals surface area contributed by atoms with E-state index in [0.29, 0.717) is 5.56 Å². The van der Waals surface area contributed by atoms with Gasteiger partial charge in [-0.1, -0.05) is 6.07 Å². The fourth-order valence-corrected chi connectivity index (χ4v) is 2.73. The molecule has 5 nitrogen and oxygen atoms in total. The summed E-state index contributed by atoms with van der Waals surface area (Å²) in [5, 5.41) is 0. The predicted octanol–water partition coefficient (Wildman–Crippen LogP) is 2.65. The van der Waals surface area contributed by atoms with Crippen LogP contribution in [0, 0.1) is 12.9 Å². The molecule has 2 aromatic rings. The molecule has 0 aliphatic carbocycles. The molecule has 1 heterocycles. The molecular weight excluding hydrogens is 375 g/mol. The van der Waals surface area contributed by atoms with Gasteiger partial charge in [-0.2, -0.15) is 4.39 Å². The summed E-state index contributed by atoms with van der Waals surface area (Å²) in [6.07, 6.45) is 2.30. The molecule has 0 saturated carbocycles. The van der Waals surface area contributed by atoms with Crippen LogP contribution in [0.4, 0.5) is 4.39 Å². The maximum Gasteiger partial charge on any atom is 0.264 e. The monoisotopic (exact) mass is 386 g/mol. The first-order chi connectivity index (χ1) is 10.2. The summed E-state index contributed by atoms with van der Waals surface area (Å²) in [4.78, 5) is 15.4. The molecule has 0 fully saturated rings. The molecule has 1 aromatic carbocycles. The molecule has 0 bridgehead atoms. The fraction of sp³-hybridized carbons (Fsp3) is 0.143. The van der Waals surface area contributed by atoms with E-state index in [4.69, 9.17) is 0 Å². The maximum atomic E-state index is 13.2. The lowest BCUT2D eigenvalue weighted by molar-refractivity contribution is 0.0981. The molecule has 116 valence electrons.